The highest BCUT2D eigenvalue weighted by Gasteiger charge is 2.13. The average Bonchev–Trinajstić information content (AvgIpc) is 3.46. The standard InChI is InChI=1S/C23H28N8/c1-3-5-6-10-21-25-20(8-4-2)28-31(21)16-17-11-13-18(14-12-17)19-9-7-15-24-22(19)23-26-29-30-27-23/h7,9,11-15H,3-6,8,10,16H2,1-2H3,(H,26,27,29,30). The molecule has 8 heteroatoms. The van der Waals surface area contributed by atoms with Crippen LogP contribution in [0.15, 0.2) is 42.6 Å². The van der Waals surface area contributed by atoms with Crippen molar-refractivity contribution < 1.29 is 0 Å². The zero-order valence-corrected chi connectivity index (χ0v) is 18.1. The van der Waals surface area contributed by atoms with Crippen molar-refractivity contribution in [1.29, 1.82) is 0 Å². The quantitative estimate of drug-likeness (QED) is 0.388. The highest BCUT2D eigenvalue weighted by molar-refractivity contribution is 5.77. The normalized spacial score (nSPS) is 11.2. The smallest absolute Gasteiger partial charge is 0.223 e. The molecule has 0 atom stereocenters. The molecule has 0 spiro atoms. The number of nitrogens with one attached hydrogen (secondary N) is 1. The summed E-state index contributed by atoms with van der Waals surface area (Å²) >= 11 is 0. The van der Waals surface area contributed by atoms with Crippen molar-refractivity contribution in [3.8, 4) is 22.6 Å². The van der Waals surface area contributed by atoms with E-state index in [2.05, 4.69) is 68.4 Å². The number of hydrogen-bond acceptors (Lipinski definition) is 6. The maximum Gasteiger partial charge on any atom is 0.223 e. The summed E-state index contributed by atoms with van der Waals surface area (Å²) in [5.41, 5.74) is 3.94. The molecule has 4 rings (SSSR count). The zero-order valence-electron chi connectivity index (χ0n) is 18.1. The highest BCUT2D eigenvalue weighted by Crippen LogP contribution is 2.28. The Morgan fingerprint density at radius 3 is 2.58 bits per heavy atom. The van der Waals surface area contributed by atoms with Gasteiger partial charge in [0.25, 0.3) is 0 Å². The monoisotopic (exact) mass is 416 g/mol. The number of aromatic nitrogens is 8. The minimum Gasteiger partial charge on any atom is -0.252 e. The number of rotatable bonds is 10. The fraction of sp³-hybridized carbons (Fsp3) is 0.391. The molecule has 0 radical (unpaired) electrons. The van der Waals surface area contributed by atoms with Crippen LogP contribution in [0.1, 0.15) is 56.7 Å². The molecule has 3 heterocycles. The molecule has 8 nitrogen and oxygen atoms in total. The van der Waals surface area contributed by atoms with Crippen LogP contribution < -0.4 is 0 Å². The SMILES string of the molecule is CCCCCc1nc(CCC)nn1Cc1ccc(-c2cccnc2-c2nn[nH]n2)cc1. The van der Waals surface area contributed by atoms with Crippen molar-refractivity contribution in [2.75, 3.05) is 0 Å². The Balaban J connectivity index is 1.55. The fourth-order valence-corrected chi connectivity index (χ4v) is 3.64. The predicted molar refractivity (Wildman–Crippen MR) is 119 cm³/mol. The Morgan fingerprint density at radius 2 is 1.84 bits per heavy atom. The molecule has 0 saturated carbocycles. The Bertz CT molecular complexity index is 1080. The van der Waals surface area contributed by atoms with Gasteiger partial charge in [-0.25, -0.2) is 9.67 Å². The van der Waals surface area contributed by atoms with Crippen molar-refractivity contribution in [3.63, 3.8) is 0 Å². The van der Waals surface area contributed by atoms with Crippen molar-refractivity contribution in [3.05, 3.63) is 59.8 Å². The lowest BCUT2D eigenvalue weighted by Crippen LogP contribution is -2.07. The van der Waals surface area contributed by atoms with E-state index in [9.17, 15) is 0 Å². The fourth-order valence-electron chi connectivity index (χ4n) is 3.64. The molecule has 160 valence electrons. The first-order valence-corrected chi connectivity index (χ1v) is 11.0. The number of hydrogen-bond donors (Lipinski definition) is 1. The molecule has 0 bridgehead atoms. The third-order valence-corrected chi connectivity index (χ3v) is 5.23. The summed E-state index contributed by atoms with van der Waals surface area (Å²) in [5, 5.41) is 19.1. The lowest BCUT2D eigenvalue weighted by molar-refractivity contribution is 0.603. The minimum atomic E-state index is 0.488. The second kappa shape index (κ2) is 10.1. The van der Waals surface area contributed by atoms with Gasteiger partial charge in [0.1, 0.15) is 11.5 Å². The number of aryl methyl sites for hydroxylation is 2. The van der Waals surface area contributed by atoms with E-state index in [1.54, 1.807) is 6.20 Å². The van der Waals surface area contributed by atoms with Gasteiger partial charge >= 0.3 is 0 Å². The van der Waals surface area contributed by atoms with E-state index < -0.39 is 0 Å². The number of pyridine rings is 1. The van der Waals surface area contributed by atoms with Crippen molar-refractivity contribution in [1.82, 2.24) is 40.4 Å². The number of nitrogens with zero attached hydrogens (tertiary/aromatic N) is 7. The average molecular weight is 417 g/mol. The maximum atomic E-state index is 4.79. The van der Waals surface area contributed by atoms with Gasteiger partial charge in [-0.2, -0.15) is 10.3 Å². The van der Waals surface area contributed by atoms with Crippen LogP contribution in [0, 0.1) is 0 Å². The van der Waals surface area contributed by atoms with Crippen LogP contribution in [0.25, 0.3) is 22.6 Å². The summed E-state index contributed by atoms with van der Waals surface area (Å²) < 4.78 is 2.07. The van der Waals surface area contributed by atoms with E-state index >= 15 is 0 Å². The van der Waals surface area contributed by atoms with Gasteiger partial charge < -0.3 is 0 Å². The minimum absolute atomic E-state index is 0.488. The van der Waals surface area contributed by atoms with Gasteiger partial charge in [0.15, 0.2) is 5.82 Å². The second-order valence-corrected chi connectivity index (χ2v) is 7.64. The molecular formula is C23H28N8. The summed E-state index contributed by atoms with van der Waals surface area (Å²) in [6.45, 7) is 5.11. The van der Waals surface area contributed by atoms with Gasteiger partial charge in [0.2, 0.25) is 5.82 Å². The van der Waals surface area contributed by atoms with E-state index in [-0.39, 0.29) is 0 Å². The number of H-pyrrole nitrogens is 1. The topological polar surface area (TPSA) is 98.1 Å². The Kier molecular flexibility index (Phi) is 6.76. The molecule has 0 aliphatic rings. The summed E-state index contributed by atoms with van der Waals surface area (Å²) in [6, 6.07) is 12.4. The van der Waals surface area contributed by atoms with Gasteiger partial charge in [-0.05, 0) is 35.2 Å². The summed E-state index contributed by atoms with van der Waals surface area (Å²) in [6.07, 6.45) is 8.28. The molecule has 1 N–H and O–H groups in total. The third kappa shape index (κ3) is 5.02. The maximum absolute atomic E-state index is 4.79. The van der Waals surface area contributed by atoms with Crippen LogP contribution in [0.4, 0.5) is 0 Å². The molecule has 0 aliphatic heterocycles. The van der Waals surface area contributed by atoms with Gasteiger partial charge in [-0.15, -0.1) is 10.2 Å². The second-order valence-electron chi connectivity index (χ2n) is 7.64. The first kappa shape index (κ1) is 20.8. The van der Waals surface area contributed by atoms with Crippen molar-refractivity contribution in [2.45, 2.75) is 58.9 Å². The largest absolute Gasteiger partial charge is 0.252 e. The Hall–Kier alpha value is -3.42. The van der Waals surface area contributed by atoms with Gasteiger partial charge in [0.05, 0.1) is 6.54 Å². The predicted octanol–water partition coefficient (Wildman–Crippen LogP) is 4.25. The van der Waals surface area contributed by atoms with Crippen LogP contribution in [-0.2, 0) is 19.4 Å². The van der Waals surface area contributed by atoms with E-state index in [0.29, 0.717) is 11.5 Å². The summed E-state index contributed by atoms with van der Waals surface area (Å²) in [5.74, 6) is 2.53. The van der Waals surface area contributed by atoms with Gasteiger partial charge in [0, 0.05) is 24.6 Å². The molecule has 3 aromatic heterocycles. The Morgan fingerprint density at radius 1 is 0.968 bits per heavy atom. The van der Waals surface area contributed by atoms with E-state index in [1.165, 1.54) is 18.4 Å². The van der Waals surface area contributed by atoms with Crippen LogP contribution in [0.3, 0.4) is 0 Å². The van der Waals surface area contributed by atoms with Gasteiger partial charge in [-0.3, -0.25) is 4.98 Å². The first-order valence-electron chi connectivity index (χ1n) is 11.0. The third-order valence-electron chi connectivity index (χ3n) is 5.23. The molecule has 0 saturated heterocycles. The molecule has 0 aliphatic carbocycles. The lowest BCUT2D eigenvalue weighted by Gasteiger charge is -2.09. The number of benzene rings is 1. The van der Waals surface area contributed by atoms with Crippen molar-refractivity contribution >= 4 is 0 Å². The molecule has 0 fully saturated rings. The van der Waals surface area contributed by atoms with Crippen molar-refractivity contribution in [2.24, 2.45) is 0 Å². The van der Waals surface area contributed by atoms with E-state index in [0.717, 1.165) is 55.0 Å². The molecular weight excluding hydrogens is 388 g/mol. The molecule has 31 heavy (non-hydrogen) atoms. The van der Waals surface area contributed by atoms with E-state index in [4.69, 9.17) is 10.1 Å². The molecule has 1 aromatic carbocycles. The summed E-state index contributed by atoms with van der Waals surface area (Å²) in [7, 11) is 0. The number of tetrazole rings is 1. The molecule has 4 aromatic rings. The molecule has 0 unspecified atom stereocenters. The van der Waals surface area contributed by atoms with Crippen LogP contribution in [-0.4, -0.2) is 40.4 Å². The zero-order chi connectivity index (χ0) is 21.5. The number of aromatic amines is 1. The summed E-state index contributed by atoms with van der Waals surface area (Å²) in [4.78, 5) is 9.24. The molecule has 0 amide bonds. The van der Waals surface area contributed by atoms with E-state index in [1.807, 2.05) is 12.1 Å². The number of unbranched alkanes of at least 4 members (excludes halogenated alkanes) is 2. The van der Waals surface area contributed by atoms with Crippen LogP contribution in [0.2, 0.25) is 0 Å². The van der Waals surface area contributed by atoms with Gasteiger partial charge in [-0.1, -0.05) is 57.0 Å². The lowest BCUT2D eigenvalue weighted by atomic mass is 10.0. The Labute approximate surface area is 182 Å². The highest BCUT2D eigenvalue weighted by atomic mass is 15.5. The van der Waals surface area contributed by atoms with Crippen LogP contribution in [0.5, 0.6) is 0 Å². The first-order chi connectivity index (χ1) is 15.3. The van der Waals surface area contributed by atoms with Crippen LogP contribution >= 0.6 is 0 Å².